The van der Waals surface area contributed by atoms with Crippen molar-refractivity contribution < 1.29 is 9.90 Å². The van der Waals surface area contributed by atoms with Gasteiger partial charge in [-0.2, -0.15) is 5.10 Å². The fourth-order valence-electron chi connectivity index (χ4n) is 3.06. The van der Waals surface area contributed by atoms with E-state index in [0.29, 0.717) is 37.4 Å². The van der Waals surface area contributed by atoms with Gasteiger partial charge >= 0.3 is 0 Å². The van der Waals surface area contributed by atoms with Gasteiger partial charge in [0.05, 0.1) is 42.5 Å². The molecule has 1 atom stereocenters. The number of fused-ring (bicyclic) bond motifs is 1. The number of rotatable bonds is 4. The molecule has 0 spiro atoms. The second-order valence-electron chi connectivity index (χ2n) is 6.32. The van der Waals surface area contributed by atoms with Gasteiger partial charge in [0.1, 0.15) is 0 Å². The van der Waals surface area contributed by atoms with Crippen molar-refractivity contribution in [2.24, 2.45) is 0 Å². The molecule has 3 aromatic rings. The van der Waals surface area contributed by atoms with Crippen LogP contribution in [0.25, 0.3) is 5.69 Å². The SMILES string of the molecule is CC[C@H](O)c1cc2n(n1)CCN(C(=O)c1cn(-c3ccccc3)nn1)C2. The molecule has 0 saturated carbocycles. The first-order valence-electron chi connectivity index (χ1n) is 8.67. The number of aliphatic hydroxyl groups excluding tert-OH is 1. The lowest BCUT2D eigenvalue weighted by Crippen LogP contribution is -2.38. The van der Waals surface area contributed by atoms with Crippen molar-refractivity contribution in [1.29, 1.82) is 0 Å². The maximum atomic E-state index is 12.8. The van der Waals surface area contributed by atoms with Crippen molar-refractivity contribution >= 4 is 5.91 Å². The Morgan fingerprint density at radius 3 is 2.85 bits per heavy atom. The third kappa shape index (κ3) is 2.99. The van der Waals surface area contributed by atoms with Crippen LogP contribution >= 0.6 is 0 Å². The van der Waals surface area contributed by atoms with Crippen molar-refractivity contribution in [3.05, 3.63) is 59.7 Å². The molecule has 0 unspecified atom stereocenters. The van der Waals surface area contributed by atoms with Crippen molar-refractivity contribution in [3.8, 4) is 5.69 Å². The van der Waals surface area contributed by atoms with Crippen LogP contribution in [0.2, 0.25) is 0 Å². The van der Waals surface area contributed by atoms with Gasteiger partial charge in [-0.3, -0.25) is 9.48 Å². The number of aromatic nitrogens is 5. The fraction of sp³-hybridized carbons (Fsp3) is 0.333. The van der Waals surface area contributed by atoms with Gasteiger partial charge in [-0.15, -0.1) is 5.10 Å². The molecule has 4 rings (SSSR count). The summed E-state index contributed by atoms with van der Waals surface area (Å²) < 4.78 is 3.45. The molecule has 134 valence electrons. The van der Waals surface area contributed by atoms with Gasteiger partial charge in [0.15, 0.2) is 5.69 Å². The van der Waals surface area contributed by atoms with Crippen molar-refractivity contribution in [2.45, 2.75) is 32.5 Å². The average molecular weight is 352 g/mol. The first-order chi connectivity index (χ1) is 12.7. The molecular weight excluding hydrogens is 332 g/mol. The zero-order chi connectivity index (χ0) is 18.1. The lowest BCUT2D eigenvalue weighted by molar-refractivity contribution is 0.0699. The standard InChI is InChI=1S/C18H20N6O2/c1-2-17(25)15-10-14-11-22(8-9-23(14)20-15)18(26)16-12-24(21-19-16)13-6-4-3-5-7-13/h3-7,10,12,17,25H,2,8-9,11H2,1H3/t17-/m0/s1. The van der Waals surface area contributed by atoms with Crippen LogP contribution in [0.4, 0.5) is 0 Å². The van der Waals surface area contributed by atoms with E-state index in [2.05, 4.69) is 15.4 Å². The number of hydrogen-bond acceptors (Lipinski definition) is 5. The minimum Gasteiger partial charge on any atom is -0.387 e. The summed E-state index contributed by atoms with van der Waals surface area (Å²) in [6.45, 7) is 3.51. The van der Waals surface area contributed by atoms with Gasteiger partial charge in [-0.05, 0) is 24.6 Å². The number of nitrogens with zero attached hydrogens (tertiary/aromatic N) is 6. The van der Waals surface area contributed by atoms with Crippen LogP contribution in [0.1, 0.15) is 41.3 Å². The van der Waals surface area contributed by atoms with E-state index in [1.54, 1.807) is 15.8 Å². The third-order valence-electron chi connectivity index (χ3n) is 4.57. The van der Waals surface area contributed by atoms with Crippen LogP contribution in [0.15, 0.2) is 42.6 Å². The third-order valence-corrected chi connectivity index (χ3v) is 4.57. The van der Waals surface area contributed by atoms with Gasteiger partial charge < -0.3 is 10.0 Å². The zero-order valence-electron chi connectivity index (χ0n) is 14.5. The van der Waals surface area contributed by atoms with E-state index in [4.69, 9.17) is 0 Å². The molecule has 1 N–H and O–H groups in total. The monoisotopic (exact) mass is 352 g/mol. The number of carbonyl (C=O) groups is 1. The van der Waals surface area contributed by atoms with Gasteiger partial charge in [0.2, 0.25) is 0 Å². The molecule has 2 aromatic heterocycles. The van der Waals surface area contributed by atoms with Gasteiger partial charge in [-0.25, -0.2) is 4.68 Å². The topological polar surface area (TPSA) is 89.1 Å². The van der Waals surface area contributed by atoms with E-state index in [9.17, 15) is 9.90 Å². The molecule has 1 aromatic carbocycles. The zero-order valence-corrected chi connectivity index (χ0v) is 14.5. The summed E-state index contributed by atoms with van der Waals surface area (Å²) in [5.74, 6) is -0.155. The van der Waals surface area contributed by atoms with E-state index < -0.39 is 6.10 Å². The number of hydrogen-bond donors (Lipinski definition) is 1. The molecule has 0 aliphatic carbocycles. The second-order valence-corrected chi connectivity index (χ2v) is 6.32. The van der Waals surface area contributed by atoms with E-state index in [1.165, 1.54) is 0 Å². The van der Waals surface area contributed by atoms with Crippen molar-refractivity contribution in [2.75, 3.05) is 6.54 Å². The molecule has 8 heteroatoms. The Morgan fingerprint density at radius 2 is 2.08 bits per heavy atom. The highest BCUT2D eigenvalue weighted by atomic mass is 16.3. The van der Waals surface area contributed by atoms with E-state index in [-0.39, 0.29) is 5.91 Å². The van der Waals surface area contributed by atoms with Crippen LogP contribution in [0, 0.1) is 0 Å². The lowest BCUT2D eigenvalue weighted by Gasteiger charge is -2.26. The molecule has 0 saturated heterocycles. The second kappa shape index (κ2) is 6.72. The Hall–Kier alpha value is -3.00. The maximum absolute atomic E-state index is 12.8. The molecule has 0 fully saturated rings. The summed E-state index contributed by atoms with van der Waals surface area (Å²) in [4.78, 5) is 14.5. The van der Waals surface area contributed by atoms with Gasteiger partial charge in [-0.1, -0.05) is 30.3 Å². The van der Waals surface area contributed by atoms with Crippen LogP contribution in [0.5, 0.6) is 0 Å². The molecule has 0 radical (unpaired) electrons. The molecule has 0 bridgehead atoms. The first kappa shape index (κ1) is 16.5. The highest BCUT2D eigenvalue weighted by Gasteiger charge is 2.26. The molecule has 1 amide bonds. The Kier molecular flexibility index (Phi) is 4.26. The minimum atomic E-state index is -0.567. The van der Waals surface area contributed by atoms with E-state index >= 15 is 0 Å². The van der Waals surface area contributed by atoms with Gasteiger partial charge in [0.25, 0.3) is 5.91 Å². The largest absolute Gasteiger partial charge is 0.387 e. The first-order valence-corrected chi connectivity index (χ1v) is 8.67. The average Bonchev–Trinajstić information content (AvgIpc) is 3.34. The Morgan fingerprint density at radius 1 is 1.27 bits per heavy atom. The molecular formula is C18H20N6O2. The Balaban J connectivity index is 1.51. The number of amides is 1. The number of aliphatic hydroxyl groups is 1. The quantitative estimate of drug-likeness (QED) is 0.770. The van der Waals surface area contributed by atoms with Crippen LogP contribution in [-0.4, -0.2) is 47.2 Å². The van der Waals surface area contributed by atoms with E-state index in [0.717, 1.165) is 11.4 Å². The summed E-state index contributed by atoms with van der Waals surface area (Å²) >= 11 is 0. The minimum absolute atomic E-state index is 0.155. The van der Waals surface area contributed by atoms with Crippen molar-refractivity contribution in [3.63, 3.8) is 0 Å². The predicted octanol–water partition coefficient (Wildman–Crippen LogP) is 1.56. The molecule has 1 aliphatic heterocycles. The fourth-order valence-corrected chi connectivity index (χ4v) is 3.06. The molecule has 3 heterocycles. The molecule has 8 nitrogen and oxygen atoms in total. The van der Waals surface area contributed by atoms with Crippen molar-refractivity contribution in [1.82, 2.24) is 29.7 Å². The van der Waals surface area contributed by atoms with Crippen LogP contribution in [0.3, 0.4) is 0 Å². The highest BCUT2D eigenvalue weighted by Crippen LogP contribution is 2.21. The summed E-state index contributed by atoms with van der Waals surface area (Å²) in [6.07, 6.45) is 1.69. The maximum Gasteiger partial charge on any atom is 0.276 e. The lowest BCUT2D eigenvalue weighted by atomic mass is 10.2. The molecule has 26 heavy (non-hydrogen) atoms. The van der Waals surface area contributed by atoms with E-state index in [1.807, 2.05) is 48.0 Å². The van der Waals surface area contributed by atoms with Crippen LogP contribution < -0.4 is 0 Å². The highest BCUT2D eigenvalue weighted by molar-refractivity contribution is 5.92. The predicted molar refractivity (Wildman–Crippen MR) is 93.6 cm³/mol. The van der Waals surface area contributed by atoms with Crippen LogP contribution in [-0.2, 0) is 13.1 Å². The van der Waals surface area contributed by atoms with Gasteiger partial charge in [0, 0.05) is 6.54 Å². The number of benzene rings is 1. The normalized spacial score (nSPS) is 14.9. The Labute approximate surface area is 150 Å². The Bertz CT molecular complexity index is 917. The smallest absolute Gasteiger partial charge is 0.276 e. The molecule has 1 aliphatic rings. The number of para-hydroxylation sites is 1. The summed E-state index contributed by atoms with van der Waals surface area (Å²) in [5, 5.41) is 22.5. The summed E-state index contributed by atoms with van der Waals surface area (Å²) in [6, 6.07) is 11.4. The number of carbonyl (C=O) groups excluding carboxylic acids is 1. The summed E-state index contributed by atoms with van der Waals surface area (Å²) in [7, 11) is 0. The summed E-state index contributed by atoms with van der Waals surface area (Å²) in [5.41, 5.74) is 2.75.